The van der Waals surface area contributed by atoms with E-state index < -0.39 is 9.84 Å². The van der Waals surface area contributed by atoms with Crippen molar-refractivity contribution in [3.05, 3.63) is 72.3 Å². The Morgan fingerprint density at radius 3 is 1.69 bits per heavy atom. The van der Waals surface area contributed by atoms with Crippen molar-refractivity contribution in [1.82, 2.24) is 0 Å². The number of rotatable bonds is 4. The van der Waals surface area contributed by atoms with Crippen LogP contribution >= 0.6 is 0 Å². The molecule has 0 atom stereocenters. The molecule has 0 aromatic heterocycles. The van der Waals surface area contributed by atoms with E-state index in [1.165, 1.54) is 6.26 Å². The number of phenolic OH excluding ortho intramolecular Hbond substituents is 1. The van der Waals surface area contributed by atoms with Gasteiger partial charge in [0.1, 0.15) is 5.75 Å². The van der Waals surface area contributed by atoms with Crippen LogP contribution in [0.2, 0.25) is 0 Å². The van der Waals surface area contributed by atoms with Gasteiger partial charge in [0.15, 0.2) is 9.84 Å². The molecule has 0 saturated carbocycles. The third kappa shape index (κ3) is 3.37. The van der Waals surface area contributed by atoms with E-state index in [-0.39, 0.29) is 16.6 Å². The van der Waals surface area contributed by atoms with Gasteiger partial charge in [-0.25, -0.2) is 8.42 Å². The number of sulfone groups is 1. The number of hydrogen-bond acceptors (Lipinski definition) is 3. The lowest BCUT2D eigenvalue weighted by Crippen LogP contribution is -2.05. The molecule has 0 radical (unpaired) electrons. The molecule has 0 aliphatic rings. The van der Waals surface area contributed by atoms with Crippen LogP contribution in [0, 0.1) is 0 Å². The number of aromatic hydroxyl groups is 1. The SMILES string of the molecule is CC(C)c1cc(S(C)(=O)=O)c(-c2ccccc2)c(O)c1-c1ccccc1. The van der Waals surface area contributed by atoms with Crippen LogP contribution in [-0.4, -0.2) is 19.8 Å². The lowest BCUT2D eigenvalue weighted by Gasteiger charge is -2.21. The molecule has 0 heterocycles. The Hall–Kier alpha value is -2.59. The third-order valence-electron chi connectivity index (χ3n) is 4.44. The molecular formula is C22H22O3S. The molecule has 0 saturated heterocycles. The standard InChI is InChI=1S/C22H22O3S/c1-15(2)18-14-19(26(3,24)25)21(17-12-8-5-9-13-17)22(23)20(18)16-10-6-4-7-11-16/h4-15,23H,1-3H3. The van der Waals surface area contributed by atoms with Crippen LogP contribution in [0.1, 0.15) is 25.3 Å². The summed E-state index contributed by atoms with van der Waals surface area (Å²) in [6.45, 7) is 3.99. The fourth-order valence-corrected chi connectivity index (χ4v) is 4.13. The fourth-order valence-electron chi connectivity index (χ4n) is 3.20. The molecule has 0 fully saturated rings. The summed E-state index contributed by atoms with van der Waals surface area (Å²) in [5.74, 6) is 0.0652. The van der Waals surface area contributed by atoms with E-state index in [0.29, 0.717) is 16.7 Å². The molecule has 26 heavy (non-hydrogen) atoms. The van der Waals surface area contributed by atoms with Crippen molar-refractivity contribution in [2.75, 3.05) is 6.26 Å². The van der Waals surface area contributed by atoms with Crippen LogP contribution in [0.25, 0.3) is 22.3 Å². The number of benzene rings is 3. The normalized spacial score (nSPS) is 11.7. The fraction of sp³-hybridized carbons (Fsp3) is 0.182. The van der Waals surface area contributed by atoms with Gasteiger partial charge in [-0.3, -0.25) is 0 Å². The van der Waals surface area contributed by atoms with Gasteiger partial charge in [-0.15, -0.1) is 0 Å². The van der Waals surface area contributed by atoms with Crippen LogP contribution in [0.4, 0.5) is 0 Å². The van der Waals surface area contributed by atoms with E-state index in [0.717, 1.165) is 11.1 Å². The van der Waals surface area contributed by atoms with Crippen molar-refractivity contribution in [3.63, 3.8) is 0 Å². The Bertz CT molecular complexity index is 1020. The zero-order valence-corrected chi connectivity index (χ0v) is 15.9. The van der Waals surface area contributed by atoms with Crippen molar-refractivity contribution in [2.24, 2.45) is 0 Å². The molecule has 0 aliphatic heterocycles. The predicted molar refractivity (Wildman–Crippen MR) is 106 cm³/mol. The summed E-state index contributed by atoms with van der Waals surface area (Å²) in [5.41, 5.74) is 3.40. The first kappa shape index (κ1) is 18.2. The van der Waals surface area contributed by atoms with E-state index in [1.54, 1.807) is 6.07 Å². The summed E-state index contributed by atoms with van der Waals surface area (Å²) in [7, 11) is -3.52. The van der Waals surface area contributed by atoms with Gasteiger partial charge in [0, 0.05) is 17.4 Å². The highest BCUT2D eigenvalue weighted by Gasteiger charge is 2.25. The van der Waals surface area contributed by atoms with Gasteiger partial charge >= 0.3 is 0 Å². The Morgan fingerprint density at radius 1 is 0.808 bits per heavy atom. The number of phenols is 1. The minimum absolute atomic E-state index is 0.00836. The molecule has 0 aliphatic carbocycles. The summed E-state index contributed by atoms with van der Waals surface area (Å²) in [6.07, 6.45) is 1.18. The Kier molecular flexibility index (Phi) is 4.88. The lowest BCUT2D eigenvalue weighted by molar-refractivity contribution is 0.476. The highest BCUT2D eigenvalue weighted by molar-refractivity contribution is 7.90. The zero-order chi connectivity index (χ0) is 18.9. The average molecular weight is 366 g/mol. The van der Waals surface area contributed by atoms with Crippen LogP contribution in [-0.2, 0) is 9.84 Å². The average Bonchev–Trinajstić information content (AvgIpc) is 2.61. The monoisotopic (exact) mass is 366 g/mol. The van der Waals surface area contributed by atoms with E-state index in [1.807, 2.05) is 74.5 Å². The van der Waals surface area contributed by atoms with E-state index in [2.05, 4.69) is 0 Å². The van der Waals surface area contributed by atoms with Crippen molar-refractivity contribution < 1.29 is 13.5 Å². The maximum atomic E-state index is 12.5. The highest BCUT2D eigenvalue weighted by Crippen LogP contribution is 2.46. The second kappa shape index (κ2) is 6.96. The summed E-state index contributed by atoms with van der Waals surface area (Å²) in [6, 6.07) is 20.5. The van der Waals surface area contributed by atoms with Gasteiger partial charge in [0.2, 0.25) is 0 Å². The van der Waals surface area contributed by atoms with Crippen LogP contribution in [0.3, 0.4) is 0 Å². The van der Waals surface area contributed by atoms with Crippen molar-refractivity contribution >= 4 is 9.84 Å². The molecule has 0 spiro atoms. The molecule has 3 aromatic rings. The van der Waals surface area contributed by atoms with Crippen molar-refractivity contribution in [1.29, 1.82) is 0 Å². The third-order valence-corrected chi connectivity index (χ3v) is 5.56. The Labute approximate surface area is 154 Å². The van der Waals surface area contributed by atoms with Gasteiger partial charge < -0.3 is 5.11 Å². The van der Waals surface area contributed by atoms with Gasteiger partial charge in [-0.05, 0) is 28.7 Å². The summed E-state index contributed by atoms with van der Waals surface area (Å²) in [4.78, 5) is 0.157. The Morgan fingerprint density at radius 2 is 1.27 bits per heavy atom. The van der Waals surface area contributed by atoms with Crippen LogP contribution in [0.5, 0.6) is 5.75 Å². The maximum absolute atomic E-state index is 12.5. The first-order valence-corrected chi connectivity index (χ1v) is 10.4. The summed E-state index contributed by atoms with van der Waals surface area (Å²) in [5, 5.41) is 11.2. The summed E-state index contributed by atoms with van der Waals surface area (Å²) >= 11 is 0. The minimum Gasteiger partial charge on any atom is -0.507 e. The van der Waals surface area contributed by atoms with Gasteiger partial charge in [0.25, 0.3) is 0 Å². The molecule has 1 N–H and O–H groups in total. The summed E-state index contributed by atoms with van der Waals surface area (Å²) < 4.78 is 25.0. The van der Waals surface area contributed by atoms with E-state index in [9.17, 15) is 13.5 Å². The van der Waals surface area contributed by atoms with Gasteiger partial charge in [-0.2, -0.15) is 0 Å². The molecule has 134 valence electrons. The van der Waals surface area contributed by atoms with Gasteiger partial charge in [0.05, 0.1) is 4.90 Å². The predicted octanol–water partition coefficient (Wildman–Crippen LogP) is 5.25. The van der Waals surface area contributed by atoms with Gasteiger partial charge in [-0.1, -0.05) is 74.5 Å². The topological polar surface area (TPSA) is 54.4 Å². The van der Waals surface area contributed by atoms with Crippen LogP contribution in [0.15, 0.2) is 71.6 Å². The maximum Gasteiger partial charge on any atom is 0.176 e. The minimum atomic E-state index is -3.52. The second-order valence-corrected chi connectivity index (χ2v) is 8.71. The molecule has 0 unspecified atom stereocenters. The quantitative estimate of drug-likeness (QED) is 0.686. The molecule has 0 amide bonds. The molecule has 3 rings (SSSR count). The molecule has 3 aromatic carbocycles. The molecule has 4 heteroatoms. The van der Waals surface area contributed by atoms with Crippen molar-refractivity contribution in [2.45, 2.75) is 24.7 Å². The van der Waals surface area contributed by atoms with E-state index in [4.69, 9.17) is 0 Å². The van der Waals surface area contributed by atoms with Crippen molar-refractivity contribution in [3.8, 4) is 28.0 Å². The largest absolute Gasteiger partial charge is 0.507 e. The second-order valence-electron chi connectivity index (χ2n) is 6.72. The molecule has 3 nitrogen and oxygen atoms in total. The zero-order valence-electron chi connectivity index (χ0n) is 15.1. The molecule has 0 bridgehead atoms. The lowest BCUT2D eigenvalue weighted by atomic mass is 9.88. The smallest absolute Gasteiger partial charge is 0.176 e. The van der Waals surface area contributed by atoms with Crippen LogP contribution < -0.4 is 0 Å². The highest BCUT2D eigenvalue weighted by atomic mass is 32.2. The number of hydrogen-bond donors (Lipinski definition) is 1. The van der Waals surface area contributed by atoms with E-state index >= 15 is 0 Å². The first-order chi connectivity index (χ1) is 12.3. The molecular weight excluding hydrogens is 344 g/mol. The Balaban J connectivity index is 2.47. The first-order valence-electron chi connectivity index (χ1n) is 8.51.